The van der Waals surface area contributed by atoms with Gasteiger partial charge in [-0.15, -0.1) is 0 Å². The number of carbonyl (C=O) groups is 1. The van der Waals surface area contributed by atoms with Crippen molar-refractivity contribution >= 4 is 17.5 Å². The molecule has 2 N–H and O–H groups in total. The number of carboxylic acid groups (broad SMARTS) is 1. The minimum absolute atomic E-state index is 0.441. The van der Waals surface area contributed by atoms with E-state index < -0.39 is 11.4 Å². The first-order valence-electron chi connectivity index (χ1n) is 11.3. The molecular formula is C27H26N4O3. The van der Waals surface area contributed by atoms with E-state index >= 15 is 0 Å². The molecule has 0 atom stereocenters. The number of hydrogen-bond acceptors (Lipinski definition) is 5. The van der Waals surface area contributed by atoms with Gasteiger partial charge < -0.3 is 15.2 Å². The average Bonchev–Trinajstić information content (AvgIpc) is 3.60. The SMILES string of the molecule is CC(C)(C(=O)O)c1cccc(Nc2cc(Oc3cn(C4CC4)nc3-c3ccccc3)ccn2)c1. The zero-order chi connectivity index (χ0) is 23.7. The monoisotopic (exact) mass is 454 g/mol. The van der Waals surface area contributed by atoms with Crippen molar-refractivity contribution in [2.24, 2.45) is 0 Å². The fraction of sp³-hybridized carbons (Fsp3) is 0.222. The number of hydrogen-bond donors (Lipinski definition) is 2. The third-order valence-electron chi connectivity index (χ3n) is 6.02. The highest BCUT2D eigenvalue weighted by Gasteiger charge is 2.29. The highest BCUT2D eigenvalue weighted by atomic mass is 16.5. The summed E-state index contributed by atoms with van der Waals surface area (Å²) in [5.41, 5.74) is 2.27. The van der Waals surface area contributed by atoms with E-state index in [1.807, 2.05) is 71.5 Å². The van der Waals surface area contributed by atoms with Crippen molar-refractivity contribution in [3.05, 3.63) is 84.7 Å². The largest absolute Gasteiger partial charge is 0.481 e. The third kappa shape index (κ3) is 4.50. The lowest BCUT2D eigenvalue weighted by molar-refractivity contribution is -0.142. The van der Waals surface area contributed by atoms with Gasteiger partial charge in [-0.05, 0) is 50.5 Å². The van der Waals surface area contributed by atoms with Gasteiger partial charge >= 0.3 is 5.97 Å². The van der Waals surface area contributed by atoms with Gasteiger partial charge in [-0.3, -0.25) is 9.48 Å². The summed E-state index contributed by atoms with van der Waals surface area (Å²) in [6.07, 6.45) is 5.91. The number of ether oxygens (including phenoxy) is 1. The van der Waals surface area contributed by atoms with Gasteiger partial charge in [0.15, 0.2) is 5.75 Å². The molecule has 0 unspecified atom stereocenters. The average molecular weight is 455 g/mol. The van der Waals surface area contributed by atoms with Crippen molar-refractivity contribution in [1.29, 1.82) is 0 Å². The Hall–Kier alpha value is -4.13. The molecule has 0 spiro atoms. The minimum atomic E-state index is -0.994. The number of rotatable bonds is 8. The first-order valence-corrected chi connectivity index (χ1v) is 11.3. The molecule has 0 saturated heterocycles. The summed E-state index contributed by atoms with van der Waals surface area (Å²) in [4.78, 5) is 16.0. The summed E-state index contributed by atoms with van der Waals surface area (Å²) >= 11 is 0. The van der Waals surface area contributed by atoms with Crippen molar-refractivity contribution in [2.45, 2.75) is 38.1 Å². The molecule has 1 aliphatic rings. The lowest BCUT2D eigenvalue weighted by Gasteiger charge is -2.20. The van der Waals surface area contributed by atoms with E-state index in [1.54, 1.807) is 26.1 Å². The molecule has 2 heterocycles. The smallest absolute Gasteiger partial charge is 0.313 e. The van der Waals surface area contributed by atoms with Crippen LogP contribution in [0.1, 0.15) is 38.3 Å². The van der Waals surface area contributed by atoms with E-state index in [9.17, 15) is 9.90 Å². The van der Waals surface area contributed by atoms with Crippen LogP contribution in [0.5, 0.6) is 11.5 Å². The van der Waals surface area contributed by atoms with E-state index in [1.165, 1.54) is 0 Å². The predicted octanol–water partition coefficient (Wildman–Crippen LogP) is 6.18. The van der Waals surface area contributed by atoms with Gasteiger partial charge in [-0.1, -0.05) is 42.5 Å². The molecule has 5 rings (SSSR count). The Morgan fingerprint density at radius 2 is 1.88 bits per heavy atom. The maximum absolute atomic E-state index is 11.6. The number of carboxylic acids is 1. The highest BCUT2D eigenvalue weighted by Crippen LogP contribution is 2.40. The standard InChI is InChI=1S/C27H26N4O3/c1-27(2,26(32)33)19-9-6-10-20(15-19)29-24-16-22(13-14-28-24)34-23-17-31(21-11-12-21)30-25(23)18-7-4-3-5-8-18/h3-10,13-17,21H,11-12H2,1-2H3,(H,28,29)(H,32,33). The number of benzene rings is 2. The number of aliphatic carboxylic acids is 1. The van der Waals surface area contributed by atoms with Crippen LogP contribution in [0.2, 0.25) is 0 Å². The fourth-order valence-corrected chi connectivity index (χ4v) is 3.70. The molecular weight excluding hydrogens is 428 g/mol. The summed E-state index contributed by atoms with van der Waals surface area (Å²) in [6, 6.07) is 21.4. The van der Waals surface area contributed by atoms with Crippen LogP contribution < -0.4 is 10.1 Å². The molecule has 7 heteroatoms. The highest BCUT2D eigenvalue weighted by molar-refractivity contribution is 5.81. The lowest BCUT2D eigenvalue weighted by Crippen LogP contribution is -2.28. The molecule has 2 aromatic heterocycles. The van der Waals surface area contributed by atoms with Crippen molar-refractivity contribution in [2.75, 3.05) is 5.32 Å². The Morgan fingerprint density at radius 3 is 2.62 bits per heavy atom. The van der Waals surface area contributed by atoms with Crippen LogP contribution in [-0.2, 0) is 10.2 Å². The second kappa shape index (κ2) is 8.67. The van der Waals surface area contributed by atoms with Gasteiger partial charge in [0.05, 0.1) is 17.7 Å². The Balaban J connectivity index is 1.39. The maximum Gasteiger partial charge on any atom is 0.313 e. The first kappa shape index (κ1) is 21.7. The van der Waals surface area contributed by atoms with E-state index in [2.05, 4.69) is 10.3 Å². The second-order valence-electron chi connectivity index (χ2n) is 9.03. The van der Waals surface area contributed by atoms with Crippen LogP contribution in [0.4, 0.5) is 11.5 Å². The summed E-state index contributed by atoms with van der Waals surface area (Å²) in [6.45, 7) is 3.38. The Kier molecular flexibility index (Phi) is 5.53. The summed E-state index contributed by atoms with van der Waals surface area (Å²) in [7, 11) is 0. The topological polar surface area (TPSA) is 89.3 Å². The molecule has 7 nitrogen and oxygen atoms in total. The predicted molar refractivity (Wildman–Crippen MR) is 131 cm³/mol. The quantitative estimate of drug-likeness (QED) is 0.331. The zero-order valence-electron chi connectivity index (χ0n) is 19.1. The number of nitrogens with zero attached hydrogens (tertiary/aromatic N) is 3. The van der Waals surface area contributed by atoms with E-state index in [0.29, 0.717) is 28.9 Å². The van der Waals surface area contributed by atoms with Gasteiger partial charge in [0, 0.05) is 23.5 Å². The van der Waals surface area contributed by atoms with Gasteiger partial charge in [-0.25, -0.2) is 4.98 Å². The van der Waals surface area contributed by atoms with E-state index in [0.717, 1.165) is 29.8 Å². The van der Waals surface area contributed by atoms with Crippen molar-refractivity contribution in [1.82, 2.24) is 14.8 Å². The van der Waals surface area contributed by atoms with Gasteiger partial charge in [0.2, 0.25) is 0 Å². The fourth-order valence-electron chi connectivity index (χ4n) is 3.70. The molecule has 0 bridgehead atoms. The van der Waals surface area contributed by atoms with Gasteiger partial charge in [0.25, 0.3) is 0 Å². The number of aromatic nitrogens is 3. The number of nitrogens with one attached hydrogen (secondary N) is 1. The minimum Gasteiger partial charge on any atom is -0.481 e. The van der Waals surface area contributed by atoms with E-state index in [-0.39, 0.29) is 0 Å². The Morgan fingerprint density at radius 1 is 1.09 bits per heavy atom. The molecule has 1 aliphatic carbocycles. The zero-order valence-corrected chi connectivity index (χ0v) is 19.1. The second-order valence-corrected chi connectivity index (χ2v) is 9.03. The van der Waals surface area contributed by atoms with Crippen molar-refractivity contribution < 1.29 is 14.6 Å². The van der Waals surface area contributed by atoms with Crippen molar-refractivity contribution in [3.63, 3.8) is 0 Å². The molecule has 2 aromatic carbocycles. The van der Waals surface area contributed by atoms with Crippen molar-refractivity contribution in [3.8, 4) is 22.8 Å². The molecule has 0 aliphatic heterocycles. The molecule has 34 heavy (non-hydrogen) atoms. The normalized spacial score (nSPS) is 13.5. The first-order chi connectivity index (χ1) is 16.4. The van der Waals surface area contributed by atoms with Crippen LogP contribution in [-0.4, -0.2) is 25.8 Å². The van der Waals surface area contributed by atoms with Gasteiger partial charge in [-0.2, -0.15) is 5.10 Å². The Bertz CT molecular complexity index is 1330. The molecule has 1 fully saturated rings. The van der Waals surface area contributed by atoms with Crippen LogP contribution in [0.3, 0.4) is 0 Å². The van der Waals surface area contributed by atoms with Crippen LogP contribution in [0, 0.1) is 0 Å². The molecule has 0 radical (unpaired) electrons. The molecule has 1 saturated carbocycles. The van der Waals surface area contributed by atoms with Crippen LogP contribution in [0.15, 0.2) is 79.1 Å². The maximum atomic E-state index is 11.6. The van der Waals surface area contributed by atoms with Crippen LogP contribution in [0.25, 0.3) is 11.3 Å². The third-order valence-corrected chi connectivity index (χ3v) is 6.02. The Labute approximate surface area is 198 Å². The number of anilines is 2. The summed E-state index contributed by atoms with van der Waals surface area (Å²) < 4.78 is 8.26. The lowest BCUT2D eigenvalue weighted by atomic mass is 9.84. The molecule has 4 aromatic rings. The summed E-state index contributed by atoms with van der Waals surface area (Å²) in [5.74, 6) is 1.05. The molecule has 172 valence electrons. The summed E-state index contributed by atoms with van der Waals surface area (Å²) in [5, 5.41) is 17.6. The van der Waals surface area contributed by atoms with Gasteiger partial charge in [0.1, 0.15) is 17.3 Å². The number of pyridine rings is 1. The van der Waals surface area contributed by atoms with Crippen LogP contribution >= 0.6 is 0 Å². The van der Waals surface area contributed by atoms with E-state index in [4.69, 9.17) is 9.84 Å². The molecule has 0 amide bonds.